The Morgan fingerprint density at radius 2 is 1.95 bits per heavy atom. The lowest BCUT2D eigenvalue weighted by molar-refractivity contribution is 0.0482. The first-order valence-corrected chi connectivity index (χ1v) is 8.03. The number of carbonyl (C=O) groups is 1. The molecule has 124 valence electrons. The molecule has 0 fully saturated rings. The molecule has 0 unspecified atom stereocenters. The zero-order valence-corrected chi connectivity index (χ0v) is 14.4. The lowest BCUT2D eigenvalue weighted by Crippen LogP contribution is -2.47. The fourth-order valence-electron chi connectivity index (χ4n) is 1.56. The van der Waals surface area contributed by atoms with Gasteiger partial charge in [-0.25, -0.2) is 9.59 Å². The average molecular weight is 329 g/mol. The summed E-state index contributed by atoms with van der Waals surface area (Å²) >= 11 is 1.46. The van der Waals surface area contributed by atoms with Crippen molar-refractivity contribution in [3.63, 3.8) is 0 Å². The number of rotatable bonds is 5. The second-order valence-electron chi connectivity index (χ2n) is 6.57. The van der Waals surface area contributed by atoms with Gasteiger partial charge >= 0.3 is 11.8 Å². The molecule has 0 spiro atoms. The molecule has 0 aromatic carbocycles. The third-order valence-electron chi connectivity index (χ3n) is 2.43. The lowest BCUT2D eigenvalue weighted by atomic mass is 10.1. The van der Waals surface area contributed by atoms with E-state index in [-0.39, 0.29) is 0 Å². The van der Waals surface area contributed by atoms with Crippen LogP contribution in [0.1, 0.15) is 34.6 Å². The number of ether oxygens (including phenoxy) is 1. The molecule has 0 aliphatic rings. The van der Waals surface area contributed by atoms with Gasteiger partial charge in [-0.15, -0.1) is 11.8 Å². The molecule has 1 aromatic rings. The molecule has 0 saturated heterocycles. The molecule has 0 aliphatic heterocycles. The monoisotopic (exact) mass is 329 g/mol. The van der Waals surface area contributed by atoms with Gasteiger partial charge in [0, 0.05) is 23.6 Å². The van der Waals surface area contributed by atoms with Crippen molar-refractivity contribution in [3.05, 3.63) is 33.1 Å². The van der Waals surface area contributed by atoms with Crippen LogP contribution in [-0.4, -0.2) is 32.5 Å². The van der Waals surface area contributed by atoms with E-state index in [1.54, 1.807) is 20.8 Å². The summed E-state index contributed by atoms with van der Waals surface area (Å²) in [4.78, 5) is 36.5. The summed E-state index contributed by atoms with van der Waals surface area (Å²) in [7, 11) is 0. The summed E-state index contributed by atoms with van der Waals surface area (Å²) in [6.07, 6.45) is 0.974. The molecule has 0 saturated carbocycles. The van der Waals surface area contributed by atoms with Gasteiger partial charge in [-0.3, -0.25) is 14.3 Å². The van der Waals surface area contributed by atoms with Crippen LogP contribution in [0.15, 0.2) is 21.9 Å². The van der Waals surface area contributed by atoms with E-state index in [9.17, 15) is 14.4 Å². The fraction of sp³-hybridized carbons (Fsp3) is 0.643. The molecule has 0 bridgehead atoms. The lowest BCUT2D eigenvalue weighted by Gasteiger charge is -2.28. The normalized spacial score (nSPS) is 12.0. The highest BCUT2D eigenvalue weighted by molar-refractivity contribution is 7.98. The number of H-pyrrole nitrogens is 1. The first-order valence-electron chi connectivity index (χ1n) is 6.87. The quantitative estimate of drug-likeness (QED) is 0.854. The standard InChI is InChI=1S/C14H23N3O4S/c1-13(2,3)21-12(20)16-14(4,5)8-22-9-17-7-6-10(18)15-11(17)19/h6-7H,8-9H2,1-5H3,(H,16,20)(H,15,18,19). The minimum absolute atomic E-state index is 0.384. The Morgan fingerprint density at radius 1 is 1.32 bits per heavy atom. The fourth-order valence-corrected chi connectivity index (χ4v) is 2.63. The summed E-state index contributed by atoms with van der Waals surface area (Å²) < 4.78 is 6.61. The molecule has 1 amide bonds. The molecule has 8 heteroatoms. The molecule has 2 N–H and O–H groups in total. The molecule has 1 aromatic heterocycles. The van der Waals surface area contributed by atoms with Gasteiger partial charge in [0.05, 0.1) is 5.88 Å². The van der Waals surface area contributed by atoms with Gasteiger partial charge in [0.2, 0.25) is 0 Å². The maximum absolute atomic E-state index is 11.8. The highest BCUT2D eigenvalue weighted by Crippen LogP contribution is 2.15. The van der Waals surface area contributed by atoms with Crippen LogP contribution < -0.4 is 16.6 Å². The van der Waals surface area contributed by atoms with Crippen molar-refractivity contribution in [1.29, 1.82) is 0 Å². The number of nitrogens with zero attached hydrogens (tertiary/aromatic N) is 1. The van der Waals surface area contributed by atoms with E-state index in [2.05, 4.69) is 10.3 Å². The van der Waals surface area contributed by atoms with Gasteiger partial charge in [0.15, 0.2) is 0 Å². The zero-order chi connectivity index (χ0) is 17.0. The Bertz CT molecular complexity index is 628. The second-order valence-corrected chi connectivity index (χ2v) is 7.52. The van der Waals surface area contributed by atoms with E-state index in [4.69, 9.17) is 4.74 Å². The Hall–Kier alpha value is -1.70. The van der Waals surface area contributed by atoms with Gasteiger partial charge < -0.3 is 10.1 Å². The predicted molar refractivity (Wildman–Crippen MR) is 87.2 cm³/mol. The van der Waals surface area contributed by atoms with E-state index in [1.165, 1.54) is 28.6 Å². The molecule has 0 aliphatic carbocycles. The van der Waals surface area contributed by atoms with Crippen molar-refractivity contribution in [3.8, 4) is 0 Å². The van der Waals surface area contributed by atoms with Crippen molar-refractivity contribution in [2.45, 2.75) is 51.6 Å². The molecular weight excluding hydrogens is 306 g/mol. The topological polar surface area (TPSA) is 93.2 Å². The maximum atomic E-state index is 11.8. The van der Waals surface area contributed by atoms with Crippen LogP contribution in [0, 0.1) is 0 Å². The van der Waals surface area contributed by atoms with Gasteiger partial charge in [-0.05, 0) is 34.6 Å². The largest absolute Gasteiger partial charge is 0.444 e. The third kappa shape index (κ3) is 6.84. The Balaban J connectivity index is 2.50. The summed E-state index contributed by atoms with van der Waals surface area (Å²) in [5, 5.41) is 2.80. The summed E-state index contributed by atoms with van der Waals surface area (Å²) in [6, 6.07) is 1.30. The summed E-state index contributed by atoms with van der Waals surface area (Å²) in [6.45, 7) is 9.16. The van der Waals surface area contributed by atoms with Crippen LogP contribution in [-0.2, 0) is 10.6 Å². The van der Waals surface area contributed by atoms with Gasteiger partial charge in [-0.1, -0.05) is 0 Å². The first kappa shape index (κ1) is 18.3. The molecule has 22 heavy (non-hydrogen) atoms. The zero-order valence-electron chi connectivity index (χ0n) is 13.6. The SMILES string of the molecule is CC(C)(CSCn1ccc(=O)[nH]c1=O)NC(=O)OC(C)(C)C. The number of aromatic nitrogens is 2. The Morgan fingerprint density at radius 3 is 2.50 bits per heavy atom. The number of amides is 1. The molecule has 1 heterocycles. The number of carbonyl (C=O) groups excluding carboxylic acids is 1. The third-order valence-corrected chi connectivity index (χ3v) is 3.82. The Labute approximate surface area is 133 Å². The number of nitrogens with one attached hydrogen (secondary N) is 2. The van der Waals surface area contributed by atoms with Crippen LogP contribution in [0.4, 0.5) is 4.79 Å². The van der Waals surface area contributed by atoms with E-state index >= 15 is 0 Å². The van der Waals surface area contributed by atoms with E-state index in [0.29, 0.717) is 11.6 Å². The molecular formula is C14H23N3O4S. The van der Waals surface area contributed by atoms with Crippen molar-refractivity contribution in [2.24, 2.45) is 0 Å². The number of hydrogen-bond donors (Lipinski definition) is 2. The van der Waals surface area contributed by atoms with Crippen LogP contribution >= 0.6 is 11.8 Å². The van der Waals surface area contributed by atoms with E-state index < -0.39 is 28.5 Å². The Kier molecular flexibility index (Phi) is 5.87. The number of thioether (sulfide) groups is 1. The number of aromatic amines is 1. The highest BCUT2D eigenvalue weighted by Gasteiger charge is 2.24. The minimum atomic E-state index is -0.545. The van der Waals surface area contributed by atoms with Crippen LogP contribution in [0.2, 0.25) is 0 Å². The molecule has 7 nitrogen and oxygen atoms in total. The van der Waals surface area contributed by atoms with Crippen LogP contribution in [0.5, 0.6) is 0 Å². The predicted octanol–water partition coefficient (Wildman–Crippen LogP) is 1.53. The van der Waals surface area contributed by atoms with Crippen molar-refractivity contribution in [1.82, 2.24) is 14.9 Å². The number of alkyl carbamates (subject to hydrolysis) is 1. The smallest absolute Gasteiger partial charge is 0.408 e. The first-order chi connectivity index (χ1) is 9.98. The van der Waals surface area contributed by atoms with Crippen molar-refractivity contribution in [2.75, 3.05) is 5.75 Å². The summed E-state index contributed by atoms with van der Waals surface area (Å²) in [5.74, 6) is 0.965. The van der Waals surface area contributed by atoms with Gasteiger partial charge in [0.1, 0.15) is 5.60 Å². The van der Waals surface area contributed by atoms with E-state index in [1.807, 2.05) is 13.8 Å². The molecule has 0 radical (unpaired) electrons. The average Bonchev–Trinajstić information content (AvgIpc) is 2.28. The maximum Gasteiger partial charge on any atom is 0.408 e. The summed E-state index contributed by atoms with van der Waals surface area (Å²) in [5.41, 5.74) is -1.90. The van der Waals surface area contributed by atoms with Gasteiger partial charge in [-0.2, -0.15) is 0 Å². The van der Waals surface area contributed by atoms with Crippen LogP contribution in [0.3, 0.4) is 0 Å². The molecule has 0 atom stereocenters. The minimum Gasteiger partial charge on any atom is -0.444 e. The van der Waals surface area contributed by atoms with Crippen LogP contribution in [0.25, 0.3) is 0 Å². The van der Waals surface area contributed by atoms with Crippen molar-refractivity contribution < 1.29 is 9.53 Å². The second kappa shape index (κ2) is 7.04. The number of hydrogen-bond acceptors (Lipinski definition) is 5. The van der Waals surface area contributed by atoms with Crippen molar-refractivity contribution >= 4 is 17.9 Å². The highest BCUT2D eigenvalue weighted by atomic mass is 32.2. The molecule has 1 rings (SSSR count). The van der Waals surface area contributed by atoms with E-state index in [0.717, 1.165) is 0 Å². The van der Waals surface area contributed by atoms with Gasteiger partial charge in [0.25, 0.3) is 5.56 Å².